The number of hydrogen-bond acceptors (Lipinski definition) is 3. The number of para-hydroxylation sites is 1. The van der Waals surface area contributed by atoms with E-state index >= 15 is 0 Å². The summed E-state index contributed by atoms with van der Waals surface area (Å²) in [5.41, 5.74) is 3.76. The molecule has 0 atom stereocenters. The van der Waals surface area contributed by atoms with Crippen LogP contribution < -0.4 is 10.4 Å². The standard InChI is InChI=1S/C10H12N2O3/c1-12(11-7-13)9-5-3-2-4-8(9)6-10(14)15/h2-5,7H,6H2,1H3,(H,11,13)(H,14,15). The zero-order chi connectivity index (χ0) is 11.3. The Labute approximate surface area is 87.3 Å². The van der Waals surface area contributed by atoms with E-state index in [0.29, 0.717) is 17.7 Å². The Bertz CT molecular complexity index is 365. The Morgan fingerprint density at radius 3 is 2.80 bits per heavy atom. The van der Waals surface area contributed by atoms with Crippen LogP contribution in [0.15, 0.2) is 24.3 Å². The van der Waals surface area contributed by atoms with Gasteiger partial charge in [-0.2, -0.15) is 0 Å². The van der Waals surface area contributed by atoms with E-state index in [9.17, 15) is 9.59 Å². The van der Waals surface area contributed by atoms with E-state index in [1.807, 2.05) is 0 Å². The highest BCUT2D eigenvalue weighted by Gasteiger charge is 2.08. The number of benzene rings is 1. The number of hydrazine groups is 1. The molecule has 0 spiro atoms. The molecule has 0 unspecified atom stereocenters. The third-order valence-corrected chi connectivity index (χ3v) is 1.94. The molecule has 1 aromatic rings. The largest absolute Gasteiger partial charge is 0.481 e. The molecule has 0 fully saturated rings. The van der Waals surface area contributed by atoms with Crippen molar-refractivity contribution in [1.29, 1.82) is 0 Å². The minimum Gasteiger partial charge on any atom is -0.481 e. The molecule has 0 aliphatic rings. The van der Waals surface area contributed by atoms with Gasteiger partial charge in [-0.25, -0.2) is 0 Å². The van der Waals surface area contributed by atoms with Crippen molar-refractivity contribution in [2.75, 3.05) is 12.1 Å². The summed E-state index contributed by atoms with van der Waals surface area (Å²) in [6, 6.07) is 7.00. The highest BCUT2D eigenvalue weighted by Crippen LogP contribution is 2.17. The van der Waals surface area contributed by atoms with Crippen molar-refractivity contribution < 1.29 is 14.7 Å². The zero-order valence-electron chi connectivity index (χ0n) is 8.30. The van der Waals surface area contributed by atoms with E-state index in [2.05, 4.69) is 5.43 Å². The number of nitrogens with one attached hydrogen (secondary N) is 1. The first-order valence-electron chi connectivity index (χ1n) is 4.38. The topological polar surface area (TPSA) is 69.6 Å². The maximum absolute atomic E-state index is 10.6. The minimum atomic E-state index is -0.901. The van der Waals surface area contributed by atoms with Gasteiger partial charge in [0.15, 0.2) is 0 Å². The van der Waals surface area contributed by atoms with Gasteiger partial charge in [-0.15, -0.1) is 0 Å². The number of carboxylic acid groups (broad SMARTS) is 1. The first-order chi connectivity index (χ1) is 7.15. The van der Waals surface area contributed by atoms with Gasteiger partial charge in [-0.05, 0) is 11.6 Å². The number of aliphatic carboxylic acids is 1. The normalized spacial score (nSPS) is 9.40. The van der Waals surface area contributed by atoms with Crippen LogP contribution in [0.4, 0.5) is 5.69 Å². The lowest BCUT2D eigenvalue weighted by Gasteiger charge is -2.20. The second-order valence-electron chi connectivity index (χ2n) is 3.01. The summed E-state index contributed by atoms with van der Waals surface area (Å²) in [6.45, 7) is 0. The van der Waals surface area contributed by atoms with Crippen molar-refractivity contribution >= 4 is 18.1 Å². The van der Waals surface area contributed by atoms with Crippen LogP contribution in [0.3, 0.4) is 0 Å². The number of carbonyl (C=O) groups is 2. The van der Waals surface area contributed by atoms with Gasteiger partial charge < -0.3 is 5.11 Å². The average molecular weight is 208 g/mol. The molecule has 2 N–H and O–H groups in total. The molecule has 5 heteroatoms. The second-order valence-corrected chi connectivity index (χ2v) is 3.01. The molecule has 5 nitrogen and oxygen atoms in total. The summed E-state index contributed by atoms with van der Waals surface area (Å²) in [5.74, 6) is -0.901. The molecule has 1 rings (SSSR count). The lowest BCUT2D eigenvalue weighted by atomic mass is 10.1. The van der Waals surface area contributed by atoms with Crippen LogP contribution in [0.1, 0.15) is 5.56 Å². The summed E-state index contributed by atoms with van der Waals surface area (Å²) in [6.07, 6.45) is 0.471. The molecule has 0 saturated carbocycles. The molecule has 0 saturated heterocycles. The van der Waals surface area contributed by atoms with Gasteiger partial charge in [-0.3, -0.25) is 20.0 Å². The van der Waals surface area contributed by atoms with Crippen LogP contribution in [0.25, 0.3) is 0 Å². The van der Waals surface area contributed by atoms with Gasteiger partial charge in [0, 0.05) is 7.05 Å². The molecule has 80 valence electrons. The maximum Gasteiger partial charge on any atom is 0.307 e. The predicted molar refractivity (Wildman–Crippen MR) is 55.4 cm³/mol. The highest BCUT2D eigenvalue weighted by atomic mass is 16.4. The quantitative estimate of drug-likeness (QED) is 0.543. The Morgan fingerprint density at radius 1 is 1.53 bits per heavy atom. The number of amides is 1. The van der Waals surface area contributed by atoms with Crippen LogP contribution in [-0.4, -0.2) is 24.5 Å². The predicted octanol–water partition coefficient (Wildman–Crippen LogP) is 0.411. The van der Waals surface area contributed by atoms with Gasteiger partial charge >= 0.3 is 5.97 Å². The van der Waals surface area contributed by atoms with Crippen molar-refractivity contribution in [3.05, 3.63) is 29.8 Å². The molecule has 0 radical (unpaired) electrons. The van der Waals surface area contributed by atoms with Crippen LogP contribution >= 0.6 is 0 Å². The molecule has 1 amide bonds. The number of carbonyl (C=O) groups excluding carboxylic acids is 1. The second kappa shape index (κ2) is 4.99. The van der Waals surface area contributed by atoms with Crippen molar-refractivity contribution in [2.45, 2.75) is 6.42 Å². The van der Waals surface area contributed by atoms with Crippen LogP contribution in [-0.2, 0) is 16.0 Å². The SMILES string of the molecule is CN(NC=O)c1ccccc1CC(=O)O. The molecule has 0 aliphatic carbocycles. The first-order valence-corrected chi connectivity index (χ1v) is 4.38. The number of hydrogen-bond donors (Lipinski definition) is 2. The minimum absolute atomic E-state index is 0.0684. The third-order valence-electron chi connectivity index (χ3n) is 1.94. The van der Waals surface area contributed by atoms with E-state index in [0.717, 1.165) is 0 Å². The lowest BCUT2D eigenvalue weighted by molar-refractivity contribution is -0.136. The van der Waals surface area contributed by atoms with Gasteiger partial charge in [0.05, 0.1) is 12.1 Å². The number of anilines is 1. The Hall–Kier alpha value is -2.04. The zero-order valence-corrected chi connectivity index (χ0v) is 8.30. The monoisotopic (exact) mass is 208 g/mol. The number of nitrogens with zero attached hydrogens (tertiary/aromatic N) is 1. The molecule has 0 heterocycles. The fourth-order valence-corrected chi connectivity index (χ4v) is 1.30. The van der Waals surface area contributed by atoms with Crippen molar-refractivity contribution in [2.24, 2.45) is 0 Å². The molecule has 15 heavy (non-hydrogen) atoms. The summed E-state index contributed by atoms with van der Waals surface area (Å²) in [4.78, 5) is 20.8. The van der Waals surface area contributed by atoms with E-state index in [4.69, 9.17) is 5.11 Å². The van der Waals surface area contributed by atoms with E-state index in [1.54, 1.807) is 31.3 Å². The smallest absolute Gasteiger partial charge is 0.307 e. The van der Waals surface area contributed by atoms with E-state index in [1.165, 1.54) is 5.01 Å². The van der Waals surface area contributed by atoms with Crippen LogP contribution in [0, 0.1) is 0 Å². The van der Waals surface area contributed by atoms with Gasteiger partial charge in [0.1, 0.15) is 0 Å². The van der Waals surface area contributed by atoms with Crippen molar-refractivity contribution in [3.8, 4) is 0 Å². The maximum atomic E-state index is 10.6. The summed E-state index contributed by atoms with van der Waals surface area (Å²) >= 11 is 0. The Balaban J connectivity index is 2.94. The first kappa shape index (κ1) is 11.0. The fourth-order valence-electron chi connectivity index (χ4n) is 1.30. The molecule has 1 aromatic carbocycles. The number of rotatable bonds is 5. The molecule has 0 aromatic heterocycles. The highest BCUT2D eigenvalue weighted by molar-refractivity contribution is 5.73. The van der Waals surface area contributed by atoms with E-state index < -0.39 is 5.97 Å². The van der Waals surface area contributed by atoms with Gasteiger partial charge in [0.2, 0.25) is 6.41 Å². The molecular formula is C10H12N2O3. The summed E-state index contributed by atoms with van der Waals surface area (Å²) in [5, 5.41) is 10.2. The molecular weight excluding hydrogens is 196 g/mol. The third kappa shape index (κ3) is 2.98. The average Bonchev–Trinajstić information content (AvgIpc) is 2.18. The summed E-state index contributed by atoms with van der Waals surface area (Å²) < 4.78 is 0. The van der Waals surface area contributed by atoms with Crippen LogP contribution in [0.5, 0.6) is 0 Å². The Morgan fingerprint density at radius 2 is 2.20 bits per heavy atom. The lowest BCUT2D eigenvalue weighted by Crippen LogP contribution is -2.33. The van der Waals surface area contributed by atoms with Gasteiger partial charge in [-0.1, -0.05) is 18.2 Å². The molecule has 0 bridgehead atoms. The van der Waals surface area contributed by atoms with Gasteiger partial charge in [0.25, 0.3) is 0 Å². The van der Waals surface area contributed by atoms with E-state index in [-0.39, 0.29) is 6.42 Å². The van der Waals surface area contributed by atoms with Crippen LogP contribution in [0.2, 0.25) is 0 Å². The Kier molecular flexibility index (Phi) is 3.68. The summed E-state index contributed by atoms with van der Waals surface area (Å²) in [7, 11) is 1.65. The van der Waals surface area contributed by atoms with Crippen molar-refractivity contribution in [3.63, 3.8) is 0 Å². The van der Waals surface area contributed by atoms with Crippen molar-refractivity contribution in [1.82, 2.24) is 5.43 Å². The molecule has 0 aliphatic heterocycles. The number of carboxylic acids is 1. The fraction of sp³-hybridized carbons (Fsp3) is 0.200.